The quantitative estimate of drug-likeness (QED) is 0.290. The van der Waals surface area contributed by atoms with Gasteiger partial charge < -0.3 is 26.6 Å². The van der Waals surface area contributed by atoms with Crippen molar-refractivity contribution in [1.82, 2.24) is 20.9 Å². The Hall–Kier alpha value is -2.81. The minimum Gasteiger partial charge on any atom is -0.358 e. The van der Waals surface area contributed by atoms with Gasteiger partial charge in [0, 0.05) is 32.6 Å². The van der Waals surface area contributed by atoms with E-state index in [1.54, 1.807) is 23.1 Å². The van der Waals surface area contributed by atoms with E-state index >= 15 is 0 Å². The predicted octanol–water partition coefficient (Wildman–Crippen LogP) is 3.21. The summed E-state index contributed by atoms with van der Waals surface area (Å²) in [5.74, 6) is -0.279. The van der Waals surface area contributed by atoms with Crippen LogP contribution in [0.25, 0.3) is 0 Å². The SMILES string of the molecule is CCNC(=O)[C@]1(Cc2ccccc2)CCCN(C(=O)[C@@H](Cc2ccc(Cl)c(Cl)c2)NC(=O)NCCCC[NH3+])C1. The number of benzene rings is 2. The number of unbranched alkanes of at least 4 members (excludes halogenated alkanes) is 1. The molecular weight excluding hydrogens is 537 g/mol. The molecule has 0 spiro atoms. The molecule has 2 atom stereocenters. The number of nitrogens with zero attached hydrogens (tertiary/aromatic N) is 1. The summed E-state index contributed by atoms with van der Waals surface area (Å²) in [6, 6.07) is 13.8. The van der Waals surface area contributed by atoms with E-state index in [-0.39, 0.29) is 24.8 Å². The molecule has 1 aliphatic rings. The fraction of sp³-hybridized carbons (Fsp3) is 0.483. The number of carbonyl (C=O) groups is 3. The van der Waals surface area contributed by atoms with Gasteiger partial charge in [0.1, 0.15) is 6.04 Å². The highest BCUT2D eigenvalue weighted by Gasteiger charge is 2.44. The van der Waals surface area contributed by atoms with Crippen LogP contribution in [0.5, 0.6) is 0 Å². The fourth-order valence-electron chi connectivity index (χ4n) is 5.10. The molecule has 3 rings (SSSR count). The second-order valence-corrected chi connectivity index (χ2v) is 10.9. The molecule has 6 N–H and O–H groups in total. The van der Waals surface area contributed by atoms with E-state index in [4.69, 9.17) is 23.2 Å². The molecule has 0 saturated carbocycles. The molecule has 1 fully saturated rings. The van der Waals surface area contributed by atoms with Crippen molar-refractivity contribution >= 4 is 41.0 Å². The Morgan fingerprint density at radius 3 is 2.49 bits per heavy atom. The van der Waals surface area contributed by atoms with Crippen molar-refractivity contribution in [2.45, 2.75) is 51.5 Å². The number of nitrogens with one attached hydrogen (secondary N) is 3. The lowest BCUT2D eigenvalue weighted by Gasteiger charge is -2.43. The fourth-order valence-corrected chi connectivity index (χ4v) is 5.42. The van der Waals surface area contributed by atoms with Crippen LogP contribution in [0.15, 0.2) is 48.5 Å². The number of rotatable bonds is 12. The first-order valence-electron chi connectivity index (χ1n) is 13.7. The average Bonchev–Trinajstić information content (AvgIpc) is 2.93. The van der Waals surface area contributed by atoms with Crippen LogP contribution in [0.1, 0.15) is 43.7 Å². The monoisotopic (exact) mass is 576 g/mol. The van der Waals surface area contributed by atoms with E-state index in [0.717, 1.165) is 30.5 Å². The Bertz CT molecular complexity index is 1120. The zero-order chi connectivity index (χ0) is 28.3. The molecule has 10 heteroatoms. The largest absolute Gasteiger partial charge is 0.358 e. The van der Waals surface area contributed by atoms with E-state index < -0.39 is 17.5 Å². The summed E-state index contributed by atoms with van der Waals surface area (Å²) < 4.78 is 0. The van der Waals surface area contributed by atoms with E-state index in [1.165, 1.54) is 0 Å². The van der Waals surface area contributed by atoms with Crippen molar-refractivity contribution in [2.75, 3.05) is 32.7 Å². The van der Waals surface area contributed by atoms with Crippen LogP contribution in [-0.4, -0.2) is 61.5 Å². The molecule has 39 heavy (non-hydrogen) atoms. The second kappa shape index (κ2) is 15.1. The van der Waals surface area contributed by atoms with Crippen molar-refractivity contribution < 1.29 is 20.1 Å². The molecule has 1 aliphatic heterocycles. The van der Waals surface area contributed by atoms with E-state index in [2.05, 4.69) is 21.7 Å². The minimum atomic E-state index is -0.836. The van der Waals surface area contributed by atoms with Crippen molar-refractivity contribution in [1.29, 1.82) is 0 Å². The maximum Gasteiger partial charge on any atom is 0.315 e. The van der Waals surface area contributed by atoms with E-state index in [9.17, 15) is 14.4 Å². The Morgan fingerprint density at radius 1 is 1.03 bits per heavy atom. The highest BCUT2D eigenvalue weighted by Crippen LogP contribution is 2.35. The van der Waals surface area contributed by atoms with Gasteiger partial charge in [-0.2, -0.15) is 0 Å². The molecule has 212 valence electrons. The molecule has 1 heterocycles. The van der Waals surface area contributed by atoms with Crippen LogP contribution < -0.4 is 21.7 Å². The average molecular weight is 578 g/mol. The maximum absolute atomic E-state index is 14.0. The summed E-state index contributed by atoms with van der Waals surface area (Å²) in [5.41, 5.74) is 4.89. The van der Waals surface area contributed by atoms with Crippen molar-refractivity contribution in [3.63, 3.8) is 0 Å². The molecule has 2 aromatic rings. The van der Waals surface area contributed by atoms with Crippen LogP contribution in [-0.2, 0) is 22.4 Å². The van der Waals surface area contributed by atoms with Gasteiger partial charge in [-0.05, 0) is 62.3 Å². The molecule has 0 aromatic heterocycles. The number of quaternary nitrogens is 1. The topological polar surface area (TPSA) is 118 Å². The number of hydrogen-bond acceptors (Lipinski definition) is 3. The van der Waals surface area contributed by atoms with E-state index in [0.29, 0.717) is 48.9 Å². The maximum atomic E-state index is 14.0. The molecule has 1 saturated heterocycles. The van der Waals surface area contributed by atoms with Gasteiger partial charge in [-0.3, -0.25) is 9.59 Å². The van der Waals surface area contributed by atoms with Crippen molar-refractivity contribution in [3.05, 3.63) is 69.7 Å². The molecular formula is C29H40Cl2N5O3+. The van der Waals surface area contributed by atoms with Gasteiger partial charge >= 0.3 is 6.03 Å². The Morgan fingerprint density at radius 2 is 1.79 bits per heavy atom. The van der Waals surface area contributed by atoms with Gasteiger partial charge in [0.2, 0.25) is 11.8 Å². The predicted molar refractivity (Wildman–Crippen MR) is 155 cm³/mol. The van der Waals surface area contributed by atoms with Gasteiger partial charge in [0.15, 0.2) is 0 Å². The Kier molecular flexibility index (Phi) is 11.9. The van der Waals surface area contributed by atoms with Crippen LogP contribution in [0.2, 0.25) is 10.0 Å². The highest BCUT2D eigenvalue weighted by atomic mass is 35.5. The molecule has 0 bridgehead atoms. The Balaban J connectivity index is 1.83. The van der Waals surface area contributed by atoms with Gasteiger partial charge in [-0.25, -0.2) is 4.79 Å². The third kappa shape index (κ3) is 8.85. The van der Waals surface area contributed by atoms with Crippen LogP contribution >= 0.6 is 23.2 Å². The summed E-state index contributed by atoms with van der Waals surface area (Å²) in [6.07, 6.45) is 3.85. The first-order valence-corrected chi connectivity index (χ1v) is 14.4. The van der Waals surface area contributed by atoms with Gasteiger partial charge in [-0.15, -0.1) is 0 Å². The third-order valence-electron chi connectivity index (χ3n) is 7.08. The lowest BCUT2D eigenvalue weighted by Crippen LogP contribution is -2.59. The molecule has 2 aromatic carbocycles. The number of halogens is 2. The van der Waals surface area contributed by atoms with Crippen LogP contribution in [0.4, 0.5) is 4.79 Å². The first kappa shape index (κ1) is 30.7. The highest BCUT2D eigenvalue weighted by molar-refractivity contribution is 6.42. The van der Waals surface area contributed by atoms with Crippen LogP contribution in [0.3, 0.4) is 0 Å². The normalized spacial score (nSPS) is 17.8. The zero-order valence-electron chi connectivity index (χ0n) is 22.6. The third-order valence-corrected chi connectivity index (χ3v) is 7.82. The Labute approximate surface area is 241 Å². The summed E-state index contributed by atoms with van der Waals surface area (Å²) in [5, 5.41) is 9.50. The molecule has 0 unspecified atom stereocenters. The number of likely N-dealkylation sites (tertiary alicyclic amines) is 1. The van der Waals surface area contributed by atoms with Crippen molar-refractivity contribution in [2.24, 2.45) is 5.41 Å². The number of carbonyl (C=O) groups excluding carboxylic acids is 3. The van der Waals surface area contributed by atoms with Gasteiger partial charge in [0.25, 0.3) is 0 Å². The van der Waals surface area contributed by atoms with Crippen LogP contribution in [0, 0.1) is 5.41 Å². The lowest BCUT2D eigenvalue weighted by atomic mass is 9.74. The molecule has 0 aliphatic carbocycles. The summed E-state index contributed by atoms with van der Waals surface area (Å²) >= 11 is 12.3. The number of amides is 4. The number of urea groups is 1. The first-order chi connectivity index (χ1) is 18.8. The van der Waals surface area contributed by atoms with E-state index in [1.807, 2.05) is 37.3 Å². The summed E-state index contributed by atoms with van der Waals surface area (Å²) in [6.45, 7) is 4.49. The van der Waals surface area contributed by atoms with Gasteiger partial charge in [0.05, 0.1) is 22.0 Å². The zero-order valence-corrected chi connectivity index (χ0v) is 24.1. The lowest BCUT2D eigenvalue weighted by molar-refractivity contribution is -0.368. The molecule has 0 radical (unpaired) electrons. The molecule has 4 amide bonds. The summed E-state index contributed by atoms with van der Waals surface area (Å²) in [4.78, 5) is 41.9. The van der Waals surface area contributed by atoms with Crippen molar-refractivity contribution in [3.8, 4) is 0 Å². The molecule has 8 nitrogen and oxygen atoms in total. The standard InChI is InChI=1S/C29H39Cl2N5O3/c1-2-33-27(38)29(19-21-9-4-3-5-10-21)13-8-16-36(20-29)26(37)25(35-28(39)34-15-7-6-14-32)18-22-11-12-23(30)24(31)17-22/h3-5,9-12,17,25H,2,6-8,13-16,18-20,32H2,1H3,(H,33,38)(H2,34,35,39)/p+1/t25-,29+/m1/s1. The van der Waals surface area contributed by atoms with Gasteiger partial charge in [-0.1, -0.05) is 59.6 Å². The smallest absolute Gasteiger partial charge is 0.315 e. The minimum absolute atomic E-state index is 0.0523. The summed E-state index contributed by atoms with van der Waals surface area (Å²) in [7, 11) is 0. The second-order valence-electron chi connectivity index (χ2n) is 10.1. The number of piperidine rings is 1. The number of hydrogen-bond donors (Lipinski definition) is 4.